The number of halogens is 2. The average Bonchev–Trinajstić information content (AvgIpc) is 2.16. The lowest BCUT2D eigenvalue weighted by Crippen LogP contribution is -2.35. The van der Waals surface area contributed by atoms with Crippen LogP contribution < -0.4 is 0 Å². The van der Waals surface area contributed by atoms with E-state index in [1.807, 2.05) is 6.92 Å². The van der Waals surface area contributed by atoms with E-state index in [4.69, 9.17) is 0 Å². The van der Waals surface area contributed by atoms with Crippen molar-refractivity contribution < 1.29 is 22.5 Å². The predicted molar refractivity (Wildman–Crippen MR) is 54.1 cm³/mol. The highest BCUT2D eigenvalue weighted by molar-refractivity contribution is 7.86. The lowest BCUT2D eigenvalue weighted by atomic mass is 10.2. The van der Waals surface area contributed by atoms with Gasteiger partial charge in [0.1, 0.15) is 0 Å². The molecule has 0 aromatic rings. The molecule has 0 aromatic carbocycles. The summed E-state index contributed by atoms with van der Waals surface area (Å²) in [6.45, 7) is 1.98. The third-order valence-electron chi connectivity index (χ3n) is 1.83. The second kappa shape index (κ2) is 6.87. The van der Waals surface area contributed by atoms with Crippen molar-refractivity contribution >= 4 is 16.8 Å². The van der Waals surface area contributed by atoms with Crippen LogP contribution in [0.15, 0.2) is 0 Å². The zero-order valence-electron chi connectivity index (χ0n) is 8.92. The van der Waals surface area contributed by atoms with Crippen molar-refractivity contribution in [3.05, 3.63) is 0 Å². The molecule has 0 rings (SSSR count). The molecule has 0 fully saturated rings. The number of hydrogen-bond acceptors (Lipinski definition) is 3. The van der Waals surface area contributed by atoms with Crippen LogP contribution in [0.5, 0.6) is 0 Å². The second-order valence-corrected chi connectivity index (χ2v) is 4.59. The quantitative estimate of drug-likeness (QED) is 0.507. The van der Waals surface area contributed by atoms with E-state index < -0.39 is 22.0 Å². The molecule has 0 heterocycles. The number of carbonyl (C=O) groups excluding carboxylic acids is 1. The summed E-state index contributed by atoms with van der Waals surface area (Å²) in [6.07, 6.45) is 4.17. The van der Waals surface area contributed by atoms with Gasteiger partial charge in [-0.3, -0.25) is 4.21 Å². The van der Waals surface area contributed by atoms with E-state index in [0.717, 1.165) is 25.5 Å². The molecule has 6 heteroatoms. The monoisotopic (exact) mass is 242 g/mol. The van der Waals surface area contributed by atoms with Crippen LogP contribution in [0.3, 0.4) is 0 Å². The second-order valence-electron chi connectivity index (χ2n) is 3.17. The fourth-order valence-corrected chi connectivity index (χ4v) is 1.19. The molecule has 1 atom stereocenters. The summed E-state index contributed by atoms with van der Waals surface area (Å²) in [4.78, 5) is 10.8. The van der Waals surface area contributed by atoms with Crippen LogP contribution in [0.4, 0.5) is 8.78 Å². The molecule has 0 saturated carbocycles. The van der Waals surface area contributed by atoms with E-state index >= 15 is 0 Å². The molecule has 0 aliphatic heterocycles. The number of hydrogen-bond donors (Lipinski definition) is 0. The van der Waals surface area contributed by atoms with Gasteiger partial charge < -0.3 is 4.74 Å². The molecule has 0 aromatic heterocycles. The van der Waals surface area contributed by atoms with Gasteiger partial charge in [-0.25, -0.2) is 4.79 Å². The first-order chi connectivity index (χ1) is 6.92. The minimum absolute atomic E-state index is 0.0361. The van der Waals surface area contributed by atoms with Gasteiger partial charge in [-0.15, -0.1) is 0 Å². The molecule has 1 unspecified atom stereocenters. The third-order valence-corrected chi connectivity index (χ3v) is 2.72. The van der Waals surface area contributed by atoms with Crippen LogP contribution in [0.25, 0.3) is 0 Å². The van der Waals surface area contributed by atoms with Crippen LogP contribution in [-0.4, -0.2) is 28.3 Å². The Labute approximate surface area is 90.6 Å². The maximum absolute atomic E-state index is 12.7. The normalized spacial score (nSPS) is 13.6. The van der Waals surface area contributed by atoms with E-state index in [1.165, 1.54) is 0 Å². The molecule has 0 radical (unpaired) electrons. The van der Waals surface area contributed by atoms with Gasteiger partial charge >= 0.3 is 11.2 Å². The zero-order valence-corrected chi connectivity index (χ0v) is 9.74. The van der Waals surface area contributed by atoms with Gasteiger partial charge in [-0.2, -0.15) is 8.78 Å². The third kappa shape index (κ3) is 5.20. The van der Waals surface area contributed by atoms with Crippen molar-refractivity contribution in [2.24, 2.45) is 0 Å². The van der Waals surface area contributed by atoms with Crippen molar-refractivity contribution in [2.75, 3.05) is 12.9 Å². The van der Waals surface area contributed by atoms with E-state index in [2.05, 4.69) is 4.74 Å². The van der Waals surface area contributed by atoms with E-state index in [9.17, 15) is 17.8 Å². The van der Waals surface area contributed by atoms with Gasteiger partial charge in [0.25, 0.3) is 0 Å². The summed E-state index contributed by atoms with van der Waals surface area (Å²) in [5.41, 5.74) is 0. The fraction of sp³-hybridized carbons (Fsp3) is 0.889. The van der Waals surface area contributed by atoms with Crippen LogP contribution in [0, 0.1) is 0 Å². The molecular weight excluding hydrogens is 226 g/mol. The van der Waals surface area contributed by atoms with Gasteiger partial charge in [0.15, 0.2) is 0 Å². The van der Waals surface area contributed by atoms with E-state index in [-0.39, 0.29) is 6.61 Å². The molecule has 0 saturated heterocycles. The molecule has 3 nitrogen and oxygen atoms in total. The van der Waals surface area contributed by atoms with Gasteiger partial charge in [-0.05, 0) is 6.42 Å². The summed E-state index contributed by atoms with van der Waals surface area (Å²) < 4.78 is 40.3. The first-order valence-electron chi connectivity index (χ1n) is 4.81. The smallest absolute Gasteiger partial charge is 0.415 e. The standard InChI is InChI=1S/C9H16F2O3S/c1-3-4-5-6-7-14-8(12)9(10,11)15(2)13/h3-7H2,1-2H3. The SMILES string of the molecule is CCCCCCOC(=O)C(F)(F)S(C)=O. The van der Waals surface area contributed by atoms with Crippen LogP contribution >= 0.6 is 0 Å². The Morgan fingerprint density at radius 1 is 1.33 bits per heavy atom. The number of ether oxygens (including phenoxy) is 1. The Balaban J connectivity index is 3.79. The maximum atomic E-state index is 12.7. The first-order valence-corrected chi connectivity index (χ1v) is 6.37. The fourth-order valence-electron chi connectivity index (χ4n) is 0.895. The lowest BCUT2D eigenvalue weighted by Gasteiger charge is -2.11. The number of esters is 1. The Morgan fingerprint density at radius 3 is 2.40 bits per heavy atom. The number of unbranched alkanes of at least 4 members (excludes halogenated alkanes) is 3. The van der Waals surface area contributed by atoms with Gasteiger partial charge in [0.2, 0.25) is 0 Å². The van der Waals surface area contributed by atoms with E-state index in [1.54, 1.807) is 0 Å². The summed E-state index contributed by atoms with van der Waals surface area (Å²) in [5, 5.41) is -3.88. The molecule has 0 amide bonds. The van der Waals surface area contributed by atoms with Gasteiger partial charge in [0.05, 0.1) is 17.4 Å². The molecule has 0 bridgehead atoms. The molecule has 15 heavy (non-hydrogen) atoms. The van der Waals surface area contributed by atoms with Gasteiger partial charge in [-0.1, -0.05) is 26.2 Å². The summed E-state index contributed by atoms with van der Waals surface area (Å²) >= 11 is 0. The highest BCUT2D eigenvalue weighted by Gasteiger charge is 2.45. The average molecular weight is 242 g/mol. The predicted octanol–water partition coefficient (Wildman–Crippen LogP) is 2.08. The van der Waals surface area contributed by atoms with Gasteiger partial charge in [0, 0.05) is 6.26 Å². The summed E-state index contributed by atoms with van der Waals surface area (Å²) in [7, 11) is -2.52. The maximum Gasteiger partial charge on any atom is 0.415 e. The van der Waals surface area contributed by atoms with Crippen molar-refractivity contribution in [2.45, 2.75) is 37.9 Å². The Morgan fingerprint density at radius 2 is 1.93 bits per heavy atom. The number of alkyl halides is 2. The minimum atomic E-state index is -3.88. The van der Waals surface area contributed by atoms with Crippen molar-refractivity contribution in [3.63, 3.8) is 0 Å². The lowest BCUT2D eigenvalue weighted by molar-refractivity contribution is -0.160. The highest BCUT2D eigenvalue weighted by Crippen LogP contribution is 2.19. The first kappa shape index (κ1) is 14.5. The molecule has 90 valence electrons. The summed E-state index contributed by atoms with van der Waals surface area (Å²) in [6, 6.07) is 0. The zero-order chi connectivity index (χ0) is 11.9. The van der Waals surface area contributed by atoms with Crippen LogP contribution in [0.2, 0.25) is 0 Å². The molecule has 0 spiro atoms. The molecule has 0 aliphatic rings. The largest absolute Gasteiger partial charge is 0.460 e. The van der Waals surface area contributed by atoms with Crippen molar-refractivity contribution in [1.82, 2.24) is 0 Å². The number of carbonyl (C=O) groups is 1. The number of rotatable bonds is 7. The Hall–Kier alpha value is -0.520. The van der Waals surface area contributed by atoms with Crippen molar-refractivity contribution in [1.29, 1.82) is 0 Å². The van der Waals surface area contributed by atoms with Crippen LogP contribution in [0.1, 0.15) is 32.6 Å². The van der Waals surface area contributed by atoms with E-state index in [0.29, 0.717) is 6.42 Å². The molecular formula is C9H16F2O3S. The van der Waals surface area contributed by atoms with Crippen LogP contribution in [-0.2, 0) is 20.3 Å². The van der Waals surface area contributed by atoms with Crippen molar-refractivity contribution in [3.8, 4) is 0 Å². The molecule has 0 N–H and O–H groups in total. The Bertz CT molecular complexity index is 231. The highest BCUT2D eigenvalue weighted by atomic mass is 32.2. The topological polar surface area (TPSA) is 43.4 Å². The molecule has 0 aliphatic carbocycles. The Kier molecular flexibility index (Phi) is 6.63. The minimum Gasteiger partial charge on any atom is -0.460 e. The summed E-state index contributed by atoms with van der Waals surface area (Å²) in [5.74, 6) is -1.69.